The highest BCUT2D eigenvalue weighted by atomic mass is 19.4. The van der Waals surface area contributed by atoms with Crippen molar-refractivity contribution in [1.29, 1.82) is 0 Å². The van der Waals surface area contributed by atoms with Crippen LogP contribution in [0.5, 0.6) is 0 Å². The summed E-state index contributed by atoms with van der Waals surface area (Å²) in [5.41, 5.74) is 0. The number of ether oxygens (including phenoxy) is 1. The Kier molecular flexibility index (Phi) is 6.92. The summed E-state index contributed by atoms with van der Waals surface area (Å²) in [6.07, 6.45) is -4.95. The molecule has 2 nitrogen and oxygen atoms in total. The van der Waals surface area contributed by atoms with Crippen LogP contribution in [-0.4, -0.2) is 30.1 Å². The van der Waals surface area contributed by atoms with E-state index in [0.717, 1.165) is 6.42 Å². The normalized spacial score (nSPS) is 14.6. The summed E-state index contributed by atoms with van der Waals surface area (Å²) >= 11 is 0. The fourth-order valence-corrected chi connectivity index (χ4v) is 1.10. The molecule has 0 aliphatic heterocycles. The van der Waals surface area contributed by atoms with Gasteiger partial charge in [-0.2, -0.15) is 13.2 Å². The number of unbranched alkanes of at least 4 members (excludes halogenated alkanes) is 2. The fourth-order valence-electron chi connectivity index (χ4n) is 1.10. The highest BCUT2D eigenvalue weighted by Crippen LogP contribution is 2.23. The van der Waals surface area contributed by atoms with Gasteiger partial charge in [0.25, 0.3) is 0 Å². The van der Waals surface area contributed by atoms with Gasteiger partial charge >= 0.3 is 6.18 Å². The van der Waals surface area contributed by atoms with Crippen molar-refractivity contribution in [2.24, 2.45) is 0 Å². The second-order valence-corrected chi connectivity index (χ2v) is 3.83. The quantitative estimate of drug-likeness (QED) is 0.679. The van der Waals surface area contributed by atoms with E-state index < -0.39 is 12.3 Å². The Hall–Kier alpha value is -0.290. The van der Waals surface area contributed by atoms with Gasteiger partial charge < -0.3 is 9.84 Å². The van der Waals surface area contributed by atoms with Gasteiger partial charge in [0.1, 0.15) is 6.10 Å². The number of halogens is 3. The molecule has 0 heterocycles. The lowest BCUT2D eigenvalue weighted by molar-refractivity contribution is -0.205. The molecular weight excluding hydrogens is 209 g/mol. The van der Waals surface area contributed by atoms with Crippen molar-refractivity contribution in [2.45, 2.75) is 57.9 Å². The van der Waals surface area contributed by atoms with E-state index in [1.165, 1.54) is 0 Å². The van der Waals surface area contributed by atoms with E-state index in [4.69, 9.17) is 9.84 Å². The molecule has 1 unspecified atom stereocenters. The topological polar surface area (TPSA) is 29.5 Å². The first-order chi connectivity index (χ1) is 6.84. The van der Waals surface area contributed by atoms with Crippen molar-refractivity contribution in [3.8, 4) is 0 Å². The maximum absolute atomic E-state index is 11.9. The Morgan fingerprint density at radius 3 is 2.20 bits per heavy atom. The number of aliphatic hydroxyl groups is 1. The summed E-state index contributed by atoms with van der Waals surface area (Å²) in [4.78, 5) is 0. The lowest BCUT2D eigenvalue weighted by Gasteiger charge is -2.14. The molecule has 1 N–H and O–H groups in total. The van der Waals surface area contributed by atoms with Crippen LogP contribution < -0.4 is 0 Å². The van der Waals surface area contributed by atoms with Gasteiger partial charge in [0, 0.05) is 6.61 Å². The lowest BCUT2D eigenvalue weighted by atomic mass is 10.1. The molecule has 5 heteroatoms. The zero-order valence-corrected chi connectivity index (χ0v) is 9.18. The van der Waals surface area contributed by atoms with E-state index in [-0.39, 0.29) is 12.5 Å². The maximum Gasteiger partial charge on any atom is 0.414 e. The van der Waals surface area contributed by atoms with Gasteiger partial charge in [-0.05, 0) is 26.7 Å². The number of hydrogen-bond acceptors (Lipinski definition) is 2. The van der Waals surface area contributed by atoms with Crippen LogP contribution in [0.3, 0.4) is 0 Å². The second-order valence-electron chi connectivity index (χ2n) is 3.83. The first-order valence-corrected chi connectivity index (χ1v) is 5.20. The fraction of sp³-hybridized carbons (Fsp3) is 1.00. The average molecular weight is 228 g/mol. The first-order valence-electron chi connectivity index (χ1n) is 5.20. The van der Waals surface area contributed by atoms with Crippen molar-refractivity contribution in [3.63, 3.8) is 0 Å². The minimum atomic E-state index is -4.48. The van der Waals surface area contributed by atoms with Crippen molar-refractivity contribution < 1.29 is 23.0 Å². The highest BCUT2D eigenvalue weighted by molar-refractivity contribution is 4.64. The van der Waals surface area contributed by atoms with Gasteiger partial charge in [0.15, 0.2) is 0 Å². The monoisotopic (exact) mass is 228 g/mol. The van der Waals surface area contributed by atoms with E-state index in [0.29, 0.717) is 19.4 Å². The molecule has 0 aromatic carbocycles. The van der Waals surface area contributed by atoms with Crippen LogP contribution in [0, 0.1) is 0 Å². The molecule has 92 valence electrons. The summed E-state index contributed by atoms with van der Waals surface area (Å²) in [7, 11) is 0. The van der Waals surface area contributed by atoms with E-state index in [2.05, 4.69) is 0 Å². The average Bonchev–Trinajstić information content (AvgIpc) is 2.08. The molecule has 0 aliphatic carbocycles. The molecule has 0 saturated heterocycles. The van der Waals surface area contributed by atoms with Gasteiger partial charge in [-0.3, -0.25) is 0 Å². The molecule has 0 aromatic rings. The number of alkyl halides is 3. The number of aliphatic hydroxyl groups excluding tert-OH is 1. The zero-order valence-electron chi connectivity index (χ0n) is 9.18. The van der Waals surface area contributed by atoms with Crippen LogP contribution in [0.2, 0.25) is 0 Å². The van der Waals surface area contributed by atoms with Crippen molar-refractivity contribution in [1.82, 2.24) is 0 Å². The summed E-state index contributed by atoms with van der Waals surface area (Å²) in [6.45, 7) is 4.39. The predicted octanol–water partition coefficient (Wildman–Crippen LogP) is 2.90. The van der Waals surface area contributed by atoms with E-state index >= 15 is 0 Å². The molecule has 0 spiro atoms. The van der Waals surface area contributed by atoms with Gasteiger partial charge in [-0.1, -0.05) is 12.8 Å². The van der Waals surface area contributed by atoms with Crippen LogP contribution in [0.15, 0.2) is 0 Å². The highest BCUT2D eigenvalue weighted by Gasteiger charge is 2.37. The molecule has 0 aromatic heterocycles. The molecule has 0 bridgehead atoms. The minimum absolute atomic E-state index is 0.158. The number of hydrogen-bond donors (Lipinski definition) is 1. The molecule has 15 heavy (non-hydrogen) atoms. The molecule has 0 saturated carbocycles. The SMILES string of the molecule is CC(C)OCCCCCC(O)C(F)(F)F. The third kappa shape index (κ3) is 8.69. The van der Waals surface area contributed by atoms with Gasteiger partial charge in [0.2, 0.25) is 0 Å². The summed E-state index contributed by atoms with van der Waals surface area (Å²) in [6, 6.07) is 0. The van der Waals surface area contributed by atoms with E-state index in [1.807, 2.05) is 13.8 Å². The Morgan fingerprint density at radius 2 is 1.73 bits per heavy atom. The molecule has 0 aliphatic rings. The standard InChI is InChI=1S/C10H19F3O2/c1-8(2)15-7-5-3-4-6-9(14)10(11,12)13/h8-9,14H,3-7H2,1-2H3. The minimum Gasteiger partial charge on any atom is -0.384 e. The molecule has 0 fully saturated rings. The van der Waals surface area contributed by atoms with Crippen LogP contribution in [0.4, 0.5) is 13.2 Å². The Labute approximate surface area is 88.4 Å². The molecule has 0 rings (SSSR count). The molecule has 1 atom stereocenters. The third-order valence-corrected chi connectivity index (χ3v) is 1.95. The lowest BCUT2D eigenvalue weighted by Crippen LogP contribution is -2.28. The molecule has 0 radical (unpaired) electrons. The van der Waals surface area contributed by atoms with Gasteiger partial charge in [-0.25, -0.2) is 0 Å². The van der Waals surface area contributed by atoms with Crippen molar-refractivity contribution in [2.75, 3.05) is 6.61 Å². The Morgan fingerprint density at radius 1 is 1.13 bits per heavy atom. The third-order valence-electron chi connectivity index (χ3n) is 1.95. The maximum atomic E-state index is 11.9. The predicted molar refractivity (Wildman–Crippen MR) is 51.6 cm³/mol. The Bertz CT molecular complexity index is 157. The van der Waals surface area contributed by atoms with E-state index in [1.54, 1.807) is 0 Å². The van der Waals surface area contributed by atoms with E-state index in [9.17, 15) is 13.2 Å². The largest absolute Gasteiger partial charge is 0.414 e. The van der Waals surface area contributed by atoms with Crippen LogP contribution in [0.25, 0.3) is 0 Å². The number of rotatable bonds is 7. The van der Waals surface area contributed by atoms with Crippen molar-refractivity contribution >= 4 is 0 Å². The first kappa shape index (κ1) is 14.7. The second kappa shape index (κ2) is 7.06. The summed E-state index contributed by atoms with van der Waals surface area (Å²) in [5, 5.41) is 8.67. The molecule has 0 amide bonds. The molecular formula is C10H19F3O2. The zero-order chi connectivity index (χ0) is 11.9. The van der Waals surface area contributed by atoms with Crippen LogP contribution >= 0.6 is 0 Å². The smallest absolute Gasteiger partial charge is 0.384 e. The Balaban J connectivity index is 3.32. The summed E-state index contributed by atoms with van der Waals surface area (Å²) < 4.78 is 40.8. The van der Waals surface area contributed by atoms with Gasteiger partial charge in [0.05, 0.1) is 6.10 Å². The van der Waals surface area contributed by atoms with Crippen LogP contribution in [0.1, 0.15) is 39.5 Å². The summed E-state index contributed by atoms with van der Waals surface area (Å²) in [5.74, 6) is 0. The van der Waals surface area contributed by atoms with Crippen molar-refractivity contribution in [3.05, 3.63) is 0 Å². The van der Waals surface area contributed by atoms with Gasteiger partial charge in [-0.15, -0.1) is 0 Å². The van der Waals surface area contributed by atoms with Crippen LogP contribution in [-0.2, 0) is 4.74 Å².